The molecule has 0 spiro atoms. The molecule has 1 aromatic heterocycles. The van der Waals surface area contributed by atoms with E-state index < -0.39 is 0 Å². The molecular weight excluding hydrogens is 290 g/mol. The second kappa shape index (κ2) is 8.92. The Morgan fingerprint density at radius 3 is 2.28 bits per heavy atom. The minimum absolute atomic E-state index is 0.899. The number of aromatic nitrogens is 1. The molecule has 0 saturated carbocycles. The van der Waals surface area contributed by atoms with E-state index in [1.165, 1.54) is 0 Å². The van der Waals surface area contributed by atoms with E-state index in [1.807, 2.05) is 59.0 Å². The van der Waals surface area contributed by atoms with E-state index in [-0.39, 0.29) is 0 Å². The molecule has 0 aliphatic carbocycles. The molecule has 100 valence electrons. The summed E-state index contributed by atoms with van der Waals surface area (Å²) in [5.74, 6) is 0.899. The number of benzene rings is 1. The van der Waals surface area contributed by atoms with Gasteiger partial charge in [-0.15, -0.1) is 0 Å². The topological polar surface area (TPSA) is 22.1 Å². The number of hydrogen-bond acceptors (Lipinski definition) is 2. The predicted molar refractivity (Wildman–Crippen MR) is 83.4 cm³/mol. The van der Waals surface area contributed by atoms with Gasteiger partial charge in [-0.1, -0.05) is 43.6 Å². The zero-order chi connectivity index (χ0) is 14.1. The van der Waals surface area contributed by atoms with E-state index in [1.54, 1.807) is 7.11 Å². The summed E-state index contributed by atoms with van der Waals surface area (Å²) in [6, 6.07) is 5.97. The van der Waals surface area contributed by atoms with Crippen LogP contribution < -0.4 is 4.74 Å². The van der Waals surface area contributed by atoms with Gasteiger partial charge in [-0.05, 0) is 25.1 Å². The second-order valence-electron chi connectivity index (χ2n) is 3.14. The highest BCUT2D eigenvalue weighted by atomic mass is 79.9. The molecule has 0 radical (unpaired) electrons. The van der Waals surface area contributed by atoms with Crippen LogP contribution in [0.5, 0.6) is 5.75 Å². The van der Waals surface area contributed by atoms with E-state index in [0.29, 0.717) is 0 Å². The third-order valence-electron chi connectivity index (χ3n) is 2.16. The van der Waals surface area contributed by atoms with Crippen molar-refractivity contribution in [3.8, 4) is 5.75 Å². The largest absolute Gasteiger partial charge is 0.496 e. The number of hydrogen-bond donors (Lipinski definition) is 0. The van der Waals surface area contributed by atoms with Gasteiger partial charge in [0, 0.05) is 21.6 Å². The molecule has 0 N–H and O–H groups in total. The fourth-order valence-electron chi connectivity index (χ4n) is 1.51. The molecule has 0 aliphatic heterocycles. The van der Waals surface area contributed by atoms with Crippen LogP contribution in [-0.4, -0.2) is 12.1 Å². The van der Waals surface area contributed by atoms with Crippen LogP contribution in [0.25, 0.3) is 10.9 Å². The highest BCUT2D eigenvalue weighted by molar-refractivity contribution is 9.10. The molecule has 2 aromatic rings. The average Bonchev–Trinajstić information content (AvgIpc) is 2.43. The first kappa shape index (κ1) is 16.9. The van der Waals surface area contributed by atoms with Crippen molar-refractivity contribution >= 4 is 26.8 Å². The van der Waals surface area contributed by atoms with Crippen LogP contribution in [-0.2, 0) is 0 Å². The normalized spacial score (nSPS) is 8.83. The minimum Gasteiger partial charge on any atom is -0.496 e. The summed E-state index contributed by atoms with van der Waals surface area (Å²) in [5.41, 5.74) is 2.01. The van der Waals surface area contributed by atoms with Crippen LogP contribution in [0, 0.1) is 6.92 Å². The van der Waals surface area contributed by atoms with Crippen LogP contribution in [0.1, 0.15) is 33.3 Å². The van der Waals surface area contributed by atoms with Gasteiger partial charge < -0.3 is 4.74 Å². The monoisotopic (exact) mass is 311 g/mol. The third-order valence-corrected chi connectivity index (χ3v) is 2.66. The smallest absolute Gasteiger partial charge is 0.132 e. The highest BCUT2D eigenvalue weighted by Crippen LogP contribution is 2.29. The number of fused-ring (bicyclic) bond motifs is 1. The molecule has 1 heterocycles. The first-order chi connectivity index (χ1) is 8.72. The van der Waals surface area contributed by atoms with Gasteiger partial charge >= 0.3 is 0 Å². The van der Waals surface area contributed by atoms with Crippen LogP contribution in [0.4, 0.5) is 0 Å². The summed E-state index contributed by atoms with van der Waals surface area (Å²) >= 11 is 3.44. The van der Waals surface area contributed by atoms with Crippen molar-refractivity contribution in [3.05, 3.63) is 34.4 Å². The lowest BCUT2D eigenvalue weighted by molar-refractivity contribution is 0.416. The molecule has 0 atom stereocenters. The van der Waals surface area contributed by atoms with Crippen molar-refractivity contribution in [2.24, 2.45) is 0 Å². The lowest BCUT2D eigenvalue weighted by Gasteiger charge is -2.07. The Kier molecular flexibility index (Phi) is 8.38. The fourth-order valence-corrected chi connectivity index (χ4v) is 1.87. The van der Waals surface area contributed by atoms with Crippen LogP contribution >= 0.6 is 15.9 Å². The van der Waals surface area contributed by atoms with E-state index >= 15 is 0 Å². The zero-order valence-electron chi connectivity index (χ0n) is 12.0. The van der Waals surface area contributed by atoms with Gasteiger partial charge in [-0.3, -0.25) is 4.98 Å². The Morgan fingerprint density at radius 2 is 1.72 bits per heavy atom. The highest BCUT2D eigenvalue weighted by Gasteiger charge is 2.05. The van der Waals surface area contributed by atoms with E-state index in [2.05, 4.69) is 20.9 Å². The van der Waals surface area contributed by atoms with Crippen molar-refractivity contribution < 1.29 is 4.74 Å². The summed E-state index contributed by atoms with van der Waals surface area (Å²) in [4.78, 5) is 4.33. The van der Waals surface area contributed by atoms with Gasteiger partial charge in [0.1, 0.15) is 5.75 Å². The van der Waals surface area contributed by atoms with E-state index in [4.69, 9.17) is 4.74 Å². The summed E-state index contributed by atoms with van der Waals surface area (Å²) in [5, 5.41) is 1.04. The van der Waals surface area contributed by atoms with Crippen LogP contribution in [0.2, 0.25) is 0 Å². The Hall–Kier alpha value is -1.09. The summed E-state index contributed by atoms with van der Waals surface area (Å²) < 4.78 is 6.39. The van der Waals surface area contributed by atoms with Crippen molar-refractivity contribution in [2.45, 2.75) is 34.6 Å². The molecule has 18 heavy (non-hydrogen) atoms. The minimum atomic E-state index is 0.899. The number of ether oxygens (including phenoxy) is 1. The van der Waals surface area contributed by atoms with Crippen molar-refractivity contribution in [2.75, 3.05) is 7.11 Å². The maximum Gasteiger partial charge on any atom is 0.132 e. The zero-order valence-corrected chi connectivity index (χ0v) is 13.6. The van der Waals surface area contributed by atoms with Gasteiger partial charge in [0.15, 0.2) is 0 Å². The van der Waals surface area contributed by atoms with E-state index in [9.17, 15) is 0 Å². The van der Waals surface area contributed by atoms with Gasteiger partial charge in [-0.2, -0.15) is 0 Å². The predicted octanol–water partition coefficient (Wildman–Crippen LogP) is 5.37. The van der Waals surface area contributed by atoms with Gasteiger partial charge in [0.25, 0.3) is 0 Å². The van der Waals surface area contributed by atoms with Crippen molar-refractivity contribution in [1.29, 1.82) is 0 Å². The Morgan fingerprint density at radius 1 is 1.11 bits per heavy atom. The number of rotatable bonds is 1. The molecule has 2 rings (SSSR count). The Balaban J connectivity index is 0.000000659. The molecule has 0 amide bonds. The Labute approximate surface area is 119 Å². The fraction of sp³-hybridized carbons (Fsp3) is 0.400. The first-order valence-electron chi connectivity index (χ1n) is 6.31. The first-order valence-corrected chi connectivity index (χ1v) is 7.10. The number of nitrogens with zero attached hydrogens (tertiary/aromatic N) is 1. The SMILES string of the molecule is CC.CC.COc1c(C)cnc2ccc(Br)cc12. The molecular formula is C15H22BrNO. The summed E-state index contributed by atoms with van der Waals surface area (Å²) in [6.07, 6.45) is 1.83. The lowest BCUT2D eigenvalue weighted by Crippen LogP contribution is -1.90. The molecule has 0 saturated heterocycles. The van der Waals surface area contributed by atoms with Crippen molar-refractivity contribution in [3.63, 3.8) is 0 Å². The summed E-state index contributed by atoms with van der Waals surface area (Å²) in [7, 11) is 1.68. The number of halogens is 1. The van der Waals surface area contributed by atoms with E-state index in [0.717, 1.165) is 26.7 Å². The maximum absolute atomic E-state index is 5.35. The molecule has 1 aromatic carbocycles. The second-order valence-corrected chi connectivity index (χ2v) is 4.05. The quantitative estimate of drug-likeness (QED) is 0.706. The van der Waals surface area contributed by atoms with Gasteiger partial charge in [0.05, 0.1) is 12.6 Å². The average molecular weight is 312 g/mol. The Bertz CT molecular complexity index is 478. The van der Waals surface area contributed by atoms with Crippen LogP contribution in [0.15, 0.2) is 28.9 Å². The van der Waals surface area contributed by atoms with Crippen molar-refractivity contribution in [1.82, 2.24) is 4.98 Å². The molecule has 0 unspecified atom stereocenters. The van der Waals surface area contributed by atoms with Crippen LogP contribution in [0.3, 0.4) is 0 Å². The molecule has 0 bridgehead atoms. The summed E-state index contributed by atoms with van der Waals surface area (Å²) in [6.45, 7) is 9.99. The maximum atomic E-state index is 5.35. The number of aryl methyl sites for hydroxylation is 1. The van der Waals surface area contributed by atoms with Gasteiger partial charge in [0.2, 0.25) is 0 Å². The lowest BCUT2D eigenvalue weighted by atomic mass is 10.1. The standard InChI is InChI=1S/C11H10BrNO.2C2H6/c1-7-6-13-10-4-3-8(12)5-9(10)11(7)14-2;2*1-2/h3-6H,1-2H3;2*1-2H3. The molecule has 3 heteroatoms. The molecule has 2 nitrogen and oxygen atoms in total. The number of pyridine rings is 1. The number of methoxy groups -OCH3 is 1. The molecule has 0 aliphatic rings. The molecule has 0 fully saturated rings. The third kappa shape index (κ3) is 3.98. The van der Waals surface area contributed by atoms with Gasteiger partial charge in [-0.25, -0.2) is 0 Å².